The van der Waals surface area contributed by atoms with Gasteiger partial charge in [0.1, 0.15) is 17.6 Å². The van der Waals surface area contributed by atoms with Gasteiger partial charge in [0.05, 0.1) is 17.9 Å². The molecule has 0 saturated heterocycles. The molecule has 0 fully saturated rings. The molecule has 8 nitrogen and oxygen atoms in total. The van der Waals surface area contributed by atoms with Crippen molar-refractivity contribution >= 4 is 17.4 Å². The van der Waals surface area contributed by atoms with E-state index in [2.05, 4.69) is 15.6 Å². The lowest BCUT2D eigenvalue weighted by molar-refractivity contribution is -0.139. The highest BCUT2D eigenvalue weighted by molar-refractivity contribution is 6.00. The molecule has 0 bridgehead atoms. The molecule has 0 aliphatic rings. The Kier molecular flexibility index (Phi) is 7.76. The van der Waals surface area contributed by atoms with Crippen molar-refractivity contribution < 1.29 is 31.8 Å². The number of ether oxygens (including phenoxy) is 2. The summed E-state index contributed by atoms with van der Waals surface area (Å²) in [6, 6.07) is 8.84. The predicted molar refractivity (Wildman–Crippen MR) is 128 cm³/mol. The van der Waals surface area contributed by atoms with Gasteiger partial charge in [0.25, 0.3) is 5.56 Å². The zero-order chi connectivity index (χ0) is 27.4. The third-order valence-corrected chi connectivity index (χ3v) is 4.90. The lowest BCUT2D eigenvalue weighted by Gasteiger charge is -2.22. The normalized spacial score (nSPS) is 11.4. The van der Waals surface area contributed by atoms with E-state index in [0.29, 0.717) is 17.2 Å². The summed E-state index contributed by atoms with van der Waals surface area (Å²) < 4.78 is 65.7. The monoisotopic (exact) mass is 518 g/mol. The summed E-state index contributed by atoms with van der Waals surface area (Å²) in [4.78, 5) is 26.6. The standard InChI is InChI=1S/C25H22F4N4O4/c1-4-36-21-10-15(12-31-22(21)34)14-5-7-19(18(26)9-14)33-23(35)32-16-6-8-20(37-24(2,3)13-30)17(11-16)25(27,28)29/h5-12H,4H2,1-3H3,(H,31,34)(H2,32,33,35). The van der Waals surface area contributed by atoms with Crippen LogP contribution in [0, 0.1) is 17.1 Å². The average Bonchev–Trinajstić information content (AvgIpc) is 2.82. The summed E-state index contributed by atoms with van der Waals surface area (Å²) in [6.07, 6.45) is -3.45. The second-order valence-corrected chi connectivity index (χ2v) is 8.22. The topological polar surface area (TPSA) is 116 Å². The first-order chi connectivity index (χ1) is 17.3. The summed E-state index contributed by atoms with van der Waals surface area (Å²) >= 11 is 0. The number of nitrogens with zero attached hydrogens (tertiary/aromatic N) is 1. The van der Waals surface area contributed by atoms with Crippen molar-refractivity contribution in [3.63, 3.8) is 0 Å². The molecule has 12 heteroatoms. The van der Waals surface area contributed by atoms with Gasteiger partial charge in [0.15, 0.2) is 11.4 Å². The molecule has 0 unspecified atom stereocenters. The number of aromatic amines is 1. The molecule has 0 atom stereocenters. The van der Waals surface area contributed by atoms with Gasteiger partial charge in [-0.2, -0.15) is 18.4 Å². The third kappa shape index (κ3) is 6.78. The van der Waals surface area contributed by atoms with E-state index in [4.69, 9.17) is 14.7 Å². The van der Waals surface area contributed by atoms with E-state index in [1.54, 1.807) is 13.0 Å². The Morgan fingerprint density at radius 2 is 1.78 bits per heavy atom. The second kappa shape index (κ2) is 10.6. The van der Waals surface area contributed by atoms with Crippen molar-refractivity contribution in [2.45, 2.75) is 32.5 Å². The summed E-state index contributed by atoms with van der Waals surface area (Å²) in [5.41, 5.74) is -2.79. The van der Waals surface area contributed by atoms with Crippen molar-refractivity contribution in [2.24, 2.45) is 0 Å². The number of rotatable bonds is 7. The van der Waals surface area contributed by atoms with Crippen LogP contribution in [0.25, 0.3) is 11.1 Å². The van der Waals surface area contributed by atoms with Gasteiger partial charge >= 0.3 is 12.2 Å². The van der Waals surface area contributed by atoms with Crippen LogP contribution in [0.2, 0.25) is 0 Å². The van der Waals surface area contributed by atoms with E-state index >= 15 is 0 Å². The Labute approximate surface area is 208 Å². The number of nitrogens with one attached hydrogen (secondary N) is 3. The molecule has 0 spiro atoms. The summed E-state index contributed by atoms with van der Waals surface area (Å²) in [5.74, 6) is -1.34. The maximum absolute atomic E-state index is 14.7. The number of amides is 2. The fraction of sp³-hybridized carbons (Fsp3) is 0.240. The number of carbonyl (C=O) groups is 1. The molecular formula is C25H22F4N4O4. The number of hydrogen-bond acceptors (Lipinski definition) is 5. The Hall–Kier alpha value is -4.53. The van der Waals surface area contributed by atoms with E-state index in [1.165, 1.54) is 38.2 Å². The van der Waals surface area contributed by atoms with Crippen LogP contribution in [-0.4, -0.2) is 23.2 Å². The molecule has 194 valence electrons. The maximum atomic E-state index is 14.7. The number of halogens is 4. The summed E-state index contributed by atoms with van der Waals surface area (Å²) in [6.45, 7) is 4.58. The smallest absolute Gasteiger partial charge is 0.420 e. The molecule has 3 aromatic rings. The number of anilines is 2. The van der Waals surface area contributed by atoms with Crippen molar-refractivity contribution in [2.75, 3.05) is 17.2 Å². The number of carbonyl (C=O) groups excluding carboxylic acids is 1. The Bertz CT molecular complexity index is 1410. The molecule has 0 radical (unpaired) electrons. The second-order valence-electron chi connectivity index (χ2n) is 8.22. The Balaban J connectivity index is 1.78. The highest BCUT2D eigenvalue weighted by atomic mass is 19.4. The SMILES string of the molecule is CCOc1cc(-c2ccc(NC(=O)Nc3ccc(OC(C)(C)C#N)c(C(F)(F)F)c3)c(F)c2)c[nH]c1=O. The van der Waals surface area contributed by atoms with Gasteiger partial charge in [0, 0.05) is 17.4 Å². The molecule has 2 amide bonds. The van der Waals surface area contributed by atoms with Gasteiger partial charge in [-0.05, 0) is 62.7 Å². The van der Waals surface area contributed by atoms with Gasteiger partial charge in [-0.15, -0.1) is 0 Å². The third-order valence-electron chi connectivity index (χ3n) is 4.90. The van der Waals surface area contributed by atoms with Gasteiger partial charge < -0.3 is 25.1 Å². The van der Waals surface area contributed by atoms with Gasteiger partial charge in [-0.1, -0.05) is 6.07 Å². The summed E-state index contributed by atoms with van der Waals surface area (Å²) in [7, 11) is 0. The van der Waals surface area contributed by atoms with Crippen LogP contribution in [-0.2, 0) is 6.18 Å². The van der Waals surface area contributed by atoms with E-state index < -0.39 is 40.5 Å². The van der Waals surface area contributed by atoms with E-state index in [9.17, 15) is 27.2 Å². The molecule has 1 aromatic heterocycles. The Morgan fingerprint density at radius 3 is 2.41 bits per heavy atom. The number of hydrogen-bond donors (Lipinski definition) is 3. The number of alkyl halides is 3. The largest absolute Gasteiger partial charge is 0.488 e. The fourth-order valence-electron chi connectivity index (χ4n) is 3.19. The van der Waals surface area contributed by atoms with Crippen LogP contribution < -0.4 is 25.7 Å². The average molecular weight is 518 g/mol. The van der Waals surface area contributed by atoms with E-state index in [1.807, 2.05) is 0 Å². The molecule has 0 saturated carbocycles. The molecule has 0 aliphatic heterocycles. The molecule has 1 heterocycles. The minimum Gasteiger partial charge on any atom is -0.488 e. The van der Waals surface area contributed by atoms with E-state index in [-0.39, 0.29) is 23.7 Å². The number of benzene rings is 2. The van der Waals surface area contributed by atoms with Crippen LogP contribution in [0.4, 0.5) is 33.7 Å². The predicted octanol–water partition coefficient (Wildman–Crippen LogP) is 5.92. The highest BCUT2D eigenvalue weighted by Crippen LogP contribution is 2.39. The van der Waals surface area contributed by atoms with Gasteiger partial charge in [-0.3, -0.25) is 4.79 Å². The van der Waals surface area contributed by atoms with Crippen molar-refractivity contribution in [1.82, 2.24) is 4.98 Å². The molecule has 0 aliphatic carbocycles. The Morgan fingerprint density at radius 1 is 1.05 bits per heavy atom. The summed E-state index contributed by atoms with van der Waals surface area (Å²) in [5, 5.41) is 13.5. The number of H-pyrrole nitrogens is 1. The fourth-order valence-corrected chi connectivity index (χ4v) is 3.19. The number of nitriles is 1. The van der Waals surface area contributed by atoms with Crippen molar-refractivity contribution in [3.8, 4) is 28.7 Å². The number of aromatic nitrogens is 1. The first-order valence-electron chi connectivity index (χ1n) is 10.9. The van der Waals surface area contributed by atoms with Crippen molar-refractivity contribution in [1.29, 1.82) is 5.26 Å². The van der Waals surface area contributed by atoms with Gasteiger partial charge in [0.2, 0.25) is 0 Å². The minimum absolute atomic E-state index is 0.0628. The van der Waals surface area contributed by atoms with Crippen LogP contribution in [0.1, 0.15) is 26.3 Å². The van der Waals surface area contributed by atoms with Gasteiger partial charge in [-0.25, -0.2) is 9.18 Å². The van der Waals surface area contributed by atoms with E-state index in [0.717, 1.165) is 18.2 Å². The van der Waals surface area contributed by atoms with Crippen LogP contribution in [0.15, 0.2) is 53.5 Å². The zero-order valence-electron chi connectivity index (χ0n) is 19.9. The maximum Gasteiger partial charge on any atom is 0.420 e. The molecule has 3 rings (SSSR count). The van der Waals surface area contributed by atoms with Crippen LogP contribution in [0.3, 0.4) is 0 Å². The molecule has 3 N–H and O–H groups in total. The quantitative estimate of drug-likeness (QED) is 0.336. The van der Waals surface area contributed by atoms with Crippen molar-refractivity contribution in [3.05, 3.63) is 70.4 Å². The van der Waals surface area contributed by atoms with Crippen LogP contribution in [0.5, 0.6) is 11.5 Å². The number of pyridine rings is 1. The highest BCUT2D eigenvalue weighted by Gasteiger charge is 2.36. The first-order valence-corrected chi connectivity index (χ1v) is 10.9. The first kappa shape index (κ1) is 27.1. The lowest BCUT2D eigenvalue weighted by Crippen LogP contribution is -2.27. The zero-order valence-corrected chi connectivity index (χ0v) is 19.9. The molecular weight excluding hydrogens is 496 g/mol. The lowest BCUT2D eigenvalue weighted by atomic mass is 10.1. The number of urea groups is 1. The minimum atomic E-state index is -4.83. The van der Waals surface area contributed by atoms with Crippen LogP contribution >= 0.6 is 0 Å². The molecule has 37 heavy (non-hydrogen) atoms. The molecule has 2 aromatic carbocycles.